The number of hydrogen-bond acceptors (Lipinski definition) is 2. The zero-order chi connectivity index (χ0) is 22.2. The lowest BCUT2D eigenvalue weighted by Crippen LogP contribution is -2.30. The zero-order valence-corrected chi connectivity index (χ0v) is 18.7. The Morgan fingerprint density at radius 1 is 1.00 bits per heavy atom. The number of rotatable bonds is 4. The molecule has 0 saturated heterocycles. The molecule has 0 bridgehead atoms. The van der Waals surface area contributed by atoms with Gasteiger partial charge in [-0.05, 0) is 70.6 Å². The number of carbonyl (C=O) groups is 1. The molecule has 4 rings (SSSR count). The molecule has 160 valence electrons. The number of aromatic amines is 1. The van der Waals surface area contributed by atoms with E-state index in [0.29, 0.717) is 0 Å². The minimum atomic E-state index is -0.938. The van der Waals surface area contributed by atoms with E-state index in [1.165, 1.54) is 34.8 Å². The Balaban J connectivity index is 1.86. The second kappa shape index (κ2) is 7.84. The van der Waals surface area contributed by atoms with Crippen molar-refractivity contribution < 1.29 is 9.90 Å². The van der Waals surface area contributed by atoms with E-state index in [9.17, 15) is 4.79 Å². The van der Waals surface area contributed by atoms with Crippen LogP contribution in [0.3, 0.4) is 0 Å². The van der Waals surface area contributed by atoms with Gasteiger partial charge in [-0.15, -0.1) is 0 Å². The Morgan fingerprint density at radius 3 is 2.29 bits per heavy atom. The maximum absolute atomic E-state index is 10.8. The molecule has 0 amide bonds. The molecule has 4 nitrogen and oxygen atoms in total. The third-order valence-corrected chi connectivity index (χ3v) is 6.04. The Bertz CT molecular complexity index is 1160. The van der Waals surface area contributed by atoms with Gasteiger partial charge < -0.3 is 5.11 Å². The van der Waals surface area contributed by atoms with Crippen molar-refractivity contribution in [2.24, 2.45) is 10.8 Å². The summed E-state index contributed by atoms with van der Waals surface area (Å²) < 4.78 is 0. The highest BCUT2D eigenvalue weighted by molar-refractivity contribution is 5.89. The number of nitrogens with one attached hydrogen (secondary N) is 1. The van der Waals surface area contributed by atoms with Crippen molar-refractivity contribution in [1.82, 2.24) is 10.2 Å². The van der Waals surface area contributed by atoms with Gasteiger partial charge in [0.05, 0.1) is 11.7 Å². The summed E-state index contributed by atoms with van der Waals surface area (Å²) in [6, 6.07) is 14.7. The molecule has 0 radical (unpaired) electrons. The molecule has 1 aliphatic rings. The number of aliphatic carboxylic acids is 1. The van der Waals surface area contributed by atoms with Crippen LogP contribution in [-0.2, 0) is 4.79 Å². The first-order chi connectivity index (χ1) is 14.6. The van der Waals surface area contributed by atoms with E-state index < -0.39 is 5.97 Å². The summed E-state index contributed by atoms with van der Waals surface area (Å²) in [4.78, 5) is 10.8. The van der Waals surface area contributed by atoms with Gasteiger partial charge in [0.2, 0.25) is 0 Å². The second-order valence-electron chi connectivity index (χ2n) is 10.3. The molecular formula is C27H30N2O2. The van der Waals surface area contributed by atoms with Crippen LogP contribution in [0.5, 0.6) is 0 Å². The van der Waals surface area contributed by atoms with Crippen LogP contribution < -0.4 is 0 Å². The van der Waals surface area contributed by atoms with Gasteiger partial charge in [-0.2, -0.15) is 5.10 Å². The predicted octanol–water partition coefficient (Wildman–Crippen LogP) is 6.70. The van der Waals surface area contributed by atoms with Crippen molar-refractivity contribution in [3.8, 4) is 0 Å². The van der Waals surface area contributed by atoms with E-state index >= 15 is 0 Å². The van der Waals surface area contributed by atoms with E-state index in [2.05, 4.69) is 68.2 Å². The molecule has 2 aromatic carbocycles. The van der Waals surface area contributed by atoms with Gasteiger partial charge in [0.1, 0.15) is 0 Å². The normalized spacial score (nSPS) is 17.9. The Morgan fingerprint density at radius 2 is 1.65 bits per heavy atom. The van der Waals surface area contributed by atoms with E-state index in [4.69, 9.17) is 5.11 Å². The average Bonchev–Trinajstić information content (AvgIpc) is 3.13. The number of carboxylic acid groups (broad SMARTS) is 1. The van der Waals surface area contributed by atoms with Crippen LogP contribution in [0.2, 0.25) is 0 Å². The van der Waals surface area contributed by atoms with Crippen molar-refractivity contribution in [2.45, 2.75) is 47.0 Å². The summed E-state index contributed by atoms with van der Waals surface area (Å²) >= 11 is 0. The number of hydrogen-bond donors (Lipinski definition) is 2. The van der Waals surface area contributed by atoms with Gasteiger partial charge >= 0.3 is 5.97 Å². The number of fused-ring (bicyclic) bond motifs is 1. The molecule has 1 aromatic heterocycles. The maximum Gasteiger partial charge on any atom is 0.328 e. The highest BCUT2D eigenvalue weighted by Crippen LogP contribution is 2.50. The van der Waals surface area contributed by atoms with Crippen molar-refractivity contribution in [2.75, 3.05) is 0 Å². The summed E-state index contributed by atoms with van der Waals surface area (Å²) in [5, 5.41) is 17.2. The third-order valence-electron chi connectivity index (χ3n) is 6.04. The first kappa shape index (κ1) is 21.1. The fraction of sp³-hybridized carbons (Fsp3) is 0.333. The van der Waals surface area contributed by atoms with Crippen LogP contribution >= 0.6 is 0 Å². The van der Waals surface area contributed by atoms with Crippen LogP contribution in [0.25, 0.3) is 22.6 Å². The zero-order valence-electron chi connectivity index (χ0n) is 18.7. The third kappa shape index (κ3) is 4.79. The number of benzene rings is 2. The molecule has 3 aromatic rings. The molecule has 1 aliphatic carbocycles. The van der Waals surface area contributed by atoms with Gasteiger partial charge in [0.25, 0.3) is 0 Å². The lowest BCUT2D eigenvalue weighted by Gasteiger charge is -2.43. The molecule has 1 saturated carbocycles. The number of nitrogens with zero attached hydrogens (tertiary/aromatic N) is 1. The first-order valence-electron chi connectivity index (χ1n) is 10.8. The van der Waals surface area contributed by atoms with Gasteiger partial charge in [-0.3, -0.25) is 5.10 Å². The number of carboxylic acids is 1. The lowest BCUT2D eigenvalue weighted by molar-refractivity contribution is -0.131. The van der Waals surface area contributed by atoms with Gasteiger partial charge in [-0.1, -0.05) is 63.6 Å². The quantitative estimate of drug-likeness (QED) is 0.467. The van der Waals surface area contributed by atoms with E-state index in [1.807, 2.05) is 18.3 Å². The van der Waals surface area contributed by atoms with Gasteiger partial charge in [-0.25, -0.2) is 4.79 Å². The monoisotopic (exact) mass is 414 g/mol. The molecule has 2 N–H and O–H groups in total. The SMILES string of the molecule is CC1(C)CC(=C(c2ccc(C=CC(=O)O)cc2)c2ccc3[nH]ncc3c2)CC(C)(C)C1. The molecule has 0 unspecified atom stereocenters. The molecule has 31 heavy (non-hydrogen) atoms. The molecule has 1 fully saturated rings. The van der Waals surface area contributed by atoms with Crippen LogP contribution in [-0.4, -0.2) is 21.3 Å². The minimum absolute atomic E-state index is 0.242. The Labute approximate surface area is 183 Å². The van der Waals surface area contributed by atoms with Crippen LogP contribution in [0, 0.1) is 10.8 Å². The summed E-state index contributed by atoms with van der Waals surface area (Å²) in [6.07, 6.45) is 8.01. The van der Waals surface area contributed by atoms with Crippen molar-refractivity contribution >= 4 is 28.5 Å². The van der Waals surface area contributed by atoms with Crippen LogP contribution in [0.15, 0.2) is 60.3 Å². The highest BCUT2D eigenvalue weighted by atomic mass is 16.4. The number of H-pyrrole nitrogens is 1. The smallest absolute Gasteiger partial charge is 0.328 e. The molecule has 4 heteroatoms. The summed E-state index contributed by atoms with van der Waals surface area (Å²) in [5.74, 6) is -0.938. The van der Waals surface area contributed by atoms with E-state index in [-0.39, 0.29) is 10.8 Å². The second-order valence-corrected chi connectivity index (χ2v) is 10.3. The summed E-state index contributed by atoms with van der Waals surface area (Å²) in [5.41, 5.74) is 7.54. The van der Waals surface area contributed by atoms with Crippen molar-refractivity contribution in [3.05, 3.63) is 77.0 Å². The average molecular weight is 415 g/mol. The van der Waals surface area contributed by atoms with Crippen molar-refractivity contribution in [3.63, 3.8) is 0 Å². The minimum Gasteiger partial charge on any atom is -0.478 e. The summed E-state index contributed by atoms with van der Waals surface area (Å²) in [7, 11) is 0. The standard InChI is InChI=1S/C27H30N2O2/c1-26(2)14-22(15-27(3,4)17-26)25(20-10-11-23-21(13-20)16-28-29-23)19-8-5-18(6-9-19)7-12-24(30)31/h5-13,16H,14-15,17H2,1-4H3,(H,28,29)(H,30,31). The Kier molecular flexibility index (Phi) is 5.34. The van der Waals surface area contributed by atoms with Crippen molar-refractivity contribution in [1.29, 1.82) is 0 Å². The van der Waals surface area contributed by atoms with E-state index in [0.717, 1.165) is 29.3 Å². The number of allylic oxidation sites excluding steroid dienone is 1. The molecular weight excluding hydrogens is 384 g/mol. The molecule has 0 spiro atoms. The van der Waals surface area contributed by atoms with Crippen LogP contribution in [0.4, 0.5) is 0 Å². The number of aromatic nitrogens is 2. The Hall–Kier alpha value is -3.14. The van der Waals surface area contributed by atoms with Crippen LogP contribution in [0.1, 0.15) is 63.6 Å². The molecule has 0 atom stereocenters. The maximum atomic E-state index is 10.8. The molecule has 1 heterocycles. The largest absolute Gasteiger partial charge is 0.478 e. The fourth-order valence-electron chi connectivity index (χ4n) is 5.42. The van der Waals surface area contributed by atoms with Gasteiger partial charge in [0, 0.05) is 11.5 Å². The fourth-order valence-corrected chi connectivity index (χ4v) is 5.42. The highest BCUT2D eigenvalue weighted by Gasteiger charge is 2.37. The lowest BCUT2D eigenvalue weighted by atomic mass is 9.62. The van der Waals surface area contributed by atoms with E-state index in [1.54, 1.807) is 6.08 Å². The topological polar surface area (TPSA) is 66.0 Å². The predicted molar refractivity (Wildman–Crippen MR) is 127 cm³/mol. The molecule has 0 aliphatic heterocycles. The van der Waals surface area contributed by atoms with Gasteiger partial charge in [0.15, 0.2) is 0 Å². The first-order valence-corrected chi connectivity index (χ1v) is 10.8. The summed E-state index contributed by atoms with van der Waals surface area (Å²) in [6.45, 7) is 9.46.